The lowest BCUT2D eigenvalue weighted by molar-refractivity contribution is -0.384. The number of carbonyl (C=O) groups excluding carboxylic acids is 2. The minimum Gasteiger partial charge on any atom is -0.507 e. The van der Waals surface area contributed by atoms with Gasteiger partial charge < -0.3 is 9.84 Å². The summed E-state index contributed by atoms with van der Waals surface area (Å²) < 4.78 is 5.57. The Morgan fingerprint density at radius 1 is 1.25 bits per heavy atom. The van der Waals surface area contributed by atoms with Gasteiger partial charge in [0, 0.05) is 17.7 Å². The molecule has 0 aromatic heterocycles. The zero-order valence-electron chi connectivity index (χ0n) is 14.8. The van der Waals surface area contributed by atoms with Gasteiger partial charge in [-0.15, -0.1) is 0 Å². The van der Waals surface area contributed by atoms with Crippen molar-refractivity contribution < 1.29 is 24.4 Å². The maximum atomic E-state index is 12.5. The number of nitro benzene ring substituents is 1. The second kappa shape index (κ2) is 8.13. The van der Waals surface area contributed by atoms with Gasteiger partial charge in [-0.2, -0.15) is 0 Å². The fourth-order valence-corrected chi connectivity index (χ4v) is 3.42. The van der Waals surface area contributed by atoms with Crippen LogP contribution in [0, 0.1) is 17.0 Å². The van der Waals surface area contributed by atoms with Crippen molar-refractivity contribution in [3.8, 4) is 11.5 Å². The highest BCUT2D eigenvalue weighted by Crippen LogP contribution is 2.34. The predicted molar refractivity (Wildman–Crippen MR) is 104 cm³/mol. The molecule has 2 amide bonds. The Morgan fingerprint density at radius 2 is 2.04 bits per heavy atom. The number of phenolic OH excluding ortho intramolecular Hbond substituents is 1. The van der Waals surface area contributed by atoms with E-state index in [1.165, 1.54) is 12.1 Å². The van der Waals surface area contributed by atoms with E-state index in [1.807, 2.05) is 25.1 Å². The van der Waals surface area contributed by atoms with E-state index in [0.717, 1.165) is 22.6 Å². The van der Waals surface area contributed by atoms with Crippen LogP contribution in [-0.2, 0) is 4.79 Å². The average Bonchev–Trinajstić information content (AvgIpc) is 2.91. The number of non-ortho nitro benzene ring substituents is 1. The summed E-state index contributed by atoms with van der Waals surface area (Å²) in [6.07, 6.45) is 1.27. The Labute approximate surface area is 164 Å². The van der Waals surface area contributed by atoms with Crippen molar-refractivity contribution in [2.45, 2.75) is 6.92 Å². The zero-order valence-corrected chi connectivity index (χ0v) is 15.6. The van der Waals surface area contributed by atoms with Crippen molar-refractivity contribution in [3.63, 3.8) is 0 Å². The third kappa shape index (κ3) is 4.32. The predicted octanol–water partition coefficient (Wildman–Crippen LogP) is 3.72. The first kappa shape index (κ1) is 19.4. The number of aryl methyl sites for hydroxylation is 1. The molecular formula is C19H16N2O6S. The molecule has 0 bridgehead atoms. The van der Waals surface area contributed by atoms with Gasteiger partial charge >= 0.3 is 0 Å². The molecule has 28 heavy (non-hydrogen) atoms. The summed E-state index contributed by atoms with van der Waals surface area (Å²) in [4.78, 5) is 36.0. The number of nitrogens with zero attached hydrogens (tertiary/aromatic N) is 2. The van der Waals surface area contributed by atoms with Crippen LogP contribution >= 0.6 is 11.8 Å². The lowest BCUT2D eigenvalue weighted by Crippen LogP contribution is -2.32. The number of amides is 2. The number of aromatic hydroxyl groups is 1. The van der Waals surface area contributed by atoms with Gasteiger partial charge in [0.05, 0.1) is 16.4 Å². The number of imide groups is 1. The third-order valence-electron chi connectivity index (χ3n) is 3.96. The SMILES string of the molecule is Cc1cccc(OCCN2C(=O)S/C(=C\c3cc([N+](=O)[O-])ccc3O)C2=O)c1. The van der Waals surface area contributed by atoms with Crippen LogP contribution in [0.3, 0.4) is 0 Å². The molecule has 2 aromatic carbocycles. The first-order chi connectivity index (χ1) is 13.3. The molecule has 0 aliphatic carbocycles. The quantitative estimate of drug-likeness (QED) is 0.447. The Kier molecular flexibility index (Phi) is 5.65. The Balaban J connectivity index is 1.70. The van der Waals surface area contributed by atoms with Crippen LogP contribution in [0.25, 0.3) is 6.08 Å². The van der Waals surface area contributed by atoms with Crippen molar-refractivity contribution in [3.05, 3.63) is 68.6 Å². The molecule has 0 radical (unpaired) electrons. The first-order valence-corrected chi connectivity index (χ1v) is 9.09. The van der Waals surface area contributed by atoms with Gasteiger partial charge in [0.2, 0.25) is 0 Å². The normalized spacial score (nSPS) is 15.3. The lowest BCUT2D eigenvalue weighted by Gasteiger charge is -2.13. The maximum absolute atomic E-state index is 12.5. The molecule has 2 aromatic rings. The van der Waals surface area contributed by atoms with Gasteiger partial charge in [0.15, 0.2) is 0 Å². The molecular weight excluding hydrogens is 384 g/mol. The van der Waals surface area contributed by atoms with Gasteiger partial charge in [0.1, 0.15) is 18.1 Å². The maximum Gasteiger partial charge on any atom is 0.293 e. The highest BCUT2D eigenvalue weighted by molar-refractivity contribution is 8.18. The first-order valence-electron chi connectivity index (χ1n) is 8.27. The minimum atomic E-state index is -0.606. The van der Waals surface area contributed by atoms with Gasteiger partial charge in [-0.25, -0.2) is 0 Å². The molecule has 3 rings (SSSR count). The standard InChI is InChI=1S/C19H16N2O6S/c1-12-3-2-4-15(9-12)27-8-7-20-18(23)17(28-19(20)24)11-13-10-14(21(25)26)5-6-16(13)22/h2-6,9-11,22H,7-8H2,1H3/b17-11-. The van der Waals surface area contributed by atoms with Gasteiger partial charge in [0.25, 0.3) is 16.8 Å². The molecule has 0 unspecified atom stereocenters. The summed E-state index contributed by atoms with van der Waals surface area (Å²) in [5, 5.41) is 20.3. The molecule has 144 valence electrons. The van der Waals surface area contributed by atoms with Crippen molar-refractivity contribution in [2.24, 2.45) is 0 Å². The van der Waals surface area contributed by atoms with Gasteiger partial charge in [-0.3, -0.25) is 24.6 Å². The Morgan fingerprint density at radius 3 is 2.75 bits per heavy atom. The van der Waals surface area contributed by atoms with E-state index in [-0.39, 0.29) is 35.1 Å². The number of rotatable bonds is 6. The summed E-state index contributed by atoms with van der Waals surface area (Å²) in [6, 6.07) is 10.9. The van der Waals surface area contributed by atoms with Crippen LogP contribution in [0.2, 0.25) is 0 Å². The van der Waals surface area contributed by atoms with Crippen LogP contribution in [0.1, 0.15) is 11.1 Å². The van der Waals surface area contributed by atoms with Crippen molar-refractivity contribution in [1.82, 2.24) is 4.90 Å². The molecule has 1 saturated heterocycles. The van der Waals surface area contributed by atoms with E-state index in [9.17, 15) is 24.8 Å². The molecule has 8 nitrogen and oxygen atoms in total. The molecule has 1 fully saturated rings. The third-order valence-corrected chi connectivity index (χ3v) is 4.86. The second-order valence-corrected chi connectivity index (χ2v) is 6.99. The Hall–Kier alpha value is -3.33. The molecule has 0 spiro atoms. The Bertz CT molecular complexity index is 988. The van der Waals surface area contributed by atoms with Crippen molar-refractivity contribution in [1.29, 1.82) is 0 Å². The van der Waals surface area contributed by atoms with Crippen LogP contribution < -0.4 is 4.74 Å². The summed E-state index contributed by atoms with van der Waals surface area (Å²) in [5.41, 5.74) is 0.897. The number of hydrogen-bond acceptors (Lipinski definition) is 7. The summed E-state index contributed by atoms with van der Waals surface area (Å²) >= 11 is 0.710. The van der Waals surface area contributed by atoms with E-state index in [2.05, 4.69) is 0 Å². The average molecular weight is 400 g/mol. The molecule has 0 atom stereocenters. The zero-order chi connectivity index (χ0) is 20.3. The van der Waals surface area contributed by atoms with E-state index < -0.39 is 16.1 Å². The van der Waals surface area contributed by atoms with E-state index in [4.69, 9.17) is 4.74 Å². The molecule has 9 heteroatoms. The number of nitro groups is 1. The van der Waals surface area contributed by atoms with Crippen LogP contribution in [0.5, 0.6) is 11.5 Å². The van der Waals surface area contributed by atoms with E-state index in [1.54, 1.807) is 6.07 Å². The highest BCUT2D eigenvalue weighted by Gasteiger charge is 2.35. The van der Waals surface area contributed by atoms with Crippen LogP contribution in [-0.4, -0.2) is 39.2 Å². The molecule has 1 aliphatic rings. The largest absolute Gasteiger partial charge is 0.507 e. The van der Waals surface area contributed by atoms with Crippen molar-refractivity contribution >= 4 is 34.7 Å². The number of phenols is 1. The highest BCUT2D eigenvalue weighted by atomic mass is 32.2. The molecule has 1 N–H and O–H groups in total. The fourth-order valence-electron chi connectivity index (χ4n) is 2.57. The van der Waals surface area contributed by atoms with Gasteiger partial charge in [-0.05, 0) is 48.5 Å². The summed E-state index contributed by atoms with van der Waals surface area (Å²) in [6.45, 7) is 2.13. The molecule has 1 aliphatic heterocycles. The van der Waals surface area contributed by atoms with Crippen LogP contribution in [0.4, 0.5) is 10.5 Å². The van der Waals surface area contributed by atoms with Crippen LogP contribution in [0.15, 0.2) is 47.4 Å². The summed E-state index contributed by atoms with van der Waals surface area (Å²) in [7, 11) is 0. The molecule has 1 heterocycles. The lowest BCUT2D eigenvalue weighted by atomic mass is 10.1. The number of carbonyl (C=O) groups is 2. The summed E-state index contributed by atoms with van der Waals surface area (Å²) in [5.74, 6) is -0.113. The molecule has 0 saturated carbocycles. The minimum absolute atomic E-state index is 0.0663. The number of ether oxygens (including phenoxy) is 1. The number of thioether (sulfide) groups is 1. The fraction of sp³-hybridized carbons (Fsp3) is 0.158. The monoisotopic (exact) mass is 400 g/mol. The van der Waals surface area contributed by atoms with Gasteiger partial charge in [-0.1, -0.05) is 12.1 Å². The number of hydrogen-bond donors (Lipinski definition) is 1. The van der Waals surface area contributed by atoms with E-state index >= 15 is 0 Å². The number of benzene rings is 2. The topological polar surface area (TPSA) is 110 Å². The van der Waals surface area contributed by atoms with Crippen molar-refractivity contribution in [2.75, 3.05) is 13.2 Å². The smallest absolute Gasteiger partial charge is 0.293 e. The van der Waals surface area contributed by atoms with E-state index in [0.29, 0.717) is 17.5 Å². The second-order valence-electron chi connectivity index (χ2n) is 6.00.